The number of likely N-dealkylation sites (tertiary alicyclic amines) is 1. The Hall–Kier alpha value is -1.39. The smallest absolute Gasteiger partial charge is 0.410 e. The van der Waals surface area contributed by atoms with Gasteiger partial charge in [0.1, 0.15) is 11.8 Å². The maximum Gasteiger partial charge on any atom is 0.410 e. The van der Waals surface area contributed by atoms with E-state index in [1.54, 1.807) is 20.8 Å². The van der Waals surface area contributed by atoms with E-state index in [-0.39, 0.29) is 19.6 Å². The fourth-order valence-corrected chi connectivity index (χ4v) is 2.24. The molecule has 0 N–H and O–H groups in total. The topological polar surface area (TPSA) is 71.8 Å². The van der Waals surface area contributed by atoms with E-state index in [4.69, 9.17) is 14.2 Å². The van der Waals surface area contributed by atoms with Gasteiger partial charge in [-0.05, 0) is 27.7 Å². The monoisotopic (exact) mass is 316 g/mol. The van der Waals surface area contributed by atoms with E-state index in [9.17, 15) is 14.4 Å². The van der Waals surface area contributed by atoms with E-state index in [1.807, 2.05) is 13.0 Å². The van der Waals surface area contributed by atoms with E-state index in [2.05, 4.69) is 0 Å². The highest BCUT2D eigenvalue weighted by Gasteiger charge is 2.42. The fraction of sp³-hybridized carbons (Fsp3) is 0.867. The van der Waals surface area contributed by atoms with Gasteiger partial charge in [0.05, 0.1) is 31.9 Å². The van der Waals surface area contributed by atoms with Crippen LogP contribution in [0.1, 0.15) is 34.1 Å². The molecule has 126 valence electrons. The van der Waals surface area contributed by atoms with Crippen LogP contribution in [0.2, 0.25) is 0 Å². The van der Waals surface area contributed by atoms with Crippen LogP contribution in [0.3, 0.4) is 0 Å². The standard InChI is InChI=1S/C15H25FN2O4/c1-5-20-6-7-21-13(9-17)12-8-11(16)10-18(12)14(19)22-15(2,3)4/h11-13H,5-8,10H2,1-4H3/t11-,12-,13?/m0/s1. The average Bonchev–Trinajstić information content (AvgIpc) is 2.79. The minimum atomic E-state index is -1.18. The van der Waals surface area contributed by atoms with Gasteiger partial charge >= 0.3 is 6.09 Å². The molecule has 0 aromatic rings. The molecule has 1 saturated heterocycles. The second-order valence-electron chi connectivity index (χ2n) is 6.15. The fourth-order valence-electron chi connectivity index (χ4n) is 2.24. The van der Waals surface area contributed by atoms with Gasteiger partial charge in [-0.2, -0.15) is 5.26 Å². The highest BCUT2D eigenvalue weighted by Crippen LogP contribution is 2.26. The van der Waals surface area contributed by atoms with E-state index in [0.717, 1.165) is 0 Å². The molecule has 1 fully saturated rings. The zero-order chi connectivity index (χ0) is 16.8. The number of amides is 1. The third kappa shape index (κ3) is 5.78. The van der Waals surface area contributed by atoms with Gasteiger partial charge in [0, 0.05) is 13.0 Å². The first kappa shape index (κ1) is 18.7. The predicted molar refractivity (Wildman–Crippen MR) is 78.1 cm³/mol. The van der Waals surface area contributed by atoms with Crippen LogP contribution in [-0.4, -0.2) is 61.3 Å². The SMILES string of the molecule is CCOCCOC(C#N)[C@@H]1C[C@H](F)CN1C(=O)OC(C)(C)C. The highest BCUT2D eigenvalue weighted by molar-refractivity contribution is 5.69. The first-order valence-electron chi connectivity index (χ1n) is 7.51. The van der Waals surface area contributed by atoms with Crippen molar-refractivity contribution in [2.75, 3.05) is 26.4 Å². The molecule has 7 heteroatoms. The molecular weight excluding hydrogens is 291 g/mol. The van der Waals surface area contributed by atoms with Crippen LogP contribution in [-0.2, 0) is 14.2 Å². The minimum Gasteiger partial charge on any atom is -0.444 e. The lowest BCUT2D eigenvalue weighted by molar-refractivity contribution is -0.0165. The molecule has 0 bridgehead atoms. The Labute approximate surface area is 131 Å². The first-order chi connectivity index (χ1) is 10.3. The molecule has 1 aliphatic heterocycles. The Bertz CT molecular complexity index is 405. The highest BCUT2D eigenvalue weighted by atomic mass is 19.1. The third-order valence-electron chi connectivity index (χ3n) is 3.13. The Kier molecular flexibility index (Phi) is 7.04. The summed E-state index contributed by atoms with van der Waals surface area (Å²) in [4.78, 5) is 13.4. The van der Waals surface area contributed by atoms with Gasteiger partial charge in [-0.25, -0.2) is 9.18 Å². The summed E-state index contributed by atoms with van der Waals surface area (Å²) in [5, 5.41) is 9.24. The van der Waals surface area contributed by atoms with Gasteiger partial charge in [-0.3, -0.25) is 4.90 Å². The summed E-state index contributed by atoms with van der Waals surface area (Å²) in [6.07, 6.45) is -2.62. The van der Waals surface area contributed by atoms with Crippen LogP contribution in [0.5, 0.6) is 0 Å². The number of carbonyl (C=O) groups is 1. The molecule has 0 aliphatic carbocycles. The van der Waals surface area contributed by atoms with E-state index >= 15 is 0 Å². The number of hydrogen-bond acceptors (Lipinski definition) is 5. The maximum absolute atomic E-state index is 13.7. The van der Waals surface area contributed by atoms with Gasteiger partial charge < -0.3 is 14.2 Å². The van der Waals surface area contributed by atoms with Gasteiger partial charge in [0.15, 0.2) is 6.10 Å². The zero-order valence-corrected chi connectivity index (χ0v) is 13.7. The molecule has 0 spiro atoms. The Morgan fingerprint density at radius 3 is 2.68 bits per heavy atom. The van der Waals surface area contributed by atoms with E-state index < -0.39 is 30.0 Å². The molecule has 1 heterocycles. The van der Waals surface area contributed by atoms with E-state index in [0.29, 0.717) is 13.2 Å². The van der Waals surface area contributed by atoms with Crippen molar-refractivity contribution in [3.8, 4) is 6.07 Å². The molecule has 0 radical (unpaired) electrons. The molecule has 22 heavy (non-hydrogen) atoms. The molecule has 6 nitrogen and oxygen atoms in total. The van der Waals surface area contributed by atoms with Crippen LogP contribution in [0.15, 0.2) is 0 Å². The summed E-state index contributed by atoms with van der Waals surface area (Å²) in [5.41, 5.74) is -0.673. The van der Waals surface area contributed by atoms with Gasteiger partial charge in [-0.1, -0.05) is 0 Å². The summed E-state index contributed by atoms with van der Waals surface area (Å²) in [7, 11) is 0. The van der Waals surface area contributed by atoms with Gasteiger partial charge in [-0.15, -0.1) is 0 Å². The van der Waals surface area contributed by atoms with Crippen molar-refractivity contribution in [1.82, 2.24) is 4.90 Å². The Morgan fingerprint density at radius 2 is 2.14 bits per heavy atom. The molecule has 0 aromatic carbocycles. The Balaban J connectivity index is 2.67. The second kappa shape index (κ2) is 8.30. The van der Waals surface area contributed by atoms with Crippen LogP contribution in [0.25, 0.3) is 0 Å². The number of halogens is 1. The van der Waals surface area contributed by atoms with Gasteiger partial charge in [0.25, 0.3) is 0 Å². The van der Waals surface area contributed by atoms with Crippen molar-refractivity contribution in [1.29, 1.82) is 5.26 Å². The normalized spacial score (nSPS) is 23.2. The number of ether oxygens (including phenoxy) is 3. The van der Waals surface area contributed by atoms with Crippen LogP contribution < -0.4 is 0 Å². The maximum atomic E-state index is 13.7. The zero-order valence-electron chi connectivity index (χ0n) is 13.7. The summed E-state index contributed by atoms with van der Waals surface area (Å²) < 4.78 is 29.6. The molecule has 1 aliphatic rings. The molecular formula is C15H25FN2O4. The van der Waals surface area contributed by atoms with Crippen LogP contribution in [0, 0.1) is 11.3 Å². The van der Waals surface area contributed by atoms with Crippen molar-refractivity contribution in [3.63, 3.8) is 0 Å². The number of nitriles is 1. The number of alkyl halides is 1. The molecule has 1 rings (SSSR count). The minimum absolute atomic E-state index is 0.0755. The second-order valence-corrected chi connectivity index (χ2v) is 6.15. The quantitative estimate of drug-likeness (QED) is 0.703. The number of hydrogen-bond donors (Lipinski definition) is 0. The van der Waals surface area contributed by atoms with Crippen LogP contribution >= 0.6 is 0 Å². The summed E-state index contributed by atoms with van der Waals surface area (Å²) in [5.74, 6) is 0. The predicted octanol–water partition coefficient (Wildman–Crippen LogP) is 2.28. The lowest BCUT2D eigenvalue weighted by atomic mass is 10.1. The lowest BCUT2D eigenvalue weighted by Gasteiger charge is -2.30. The van der Waals surface area contributed by atoms with Crippen molar-refractivity contribution in [2.45, 2.75) is 58.0 Å². The summed E-state index contributed by atoms with van der Waals surface area (Å²) >= 11 is 0. The lowest BCUT2D eigenvalue weighted by Crippen LogP contribution is -2.45. The number of nitrogens with zero attached hydrogens (tertiary/aromatic N) is 2. The summed E-state index contributed by atoms with van der Waals surface area (Å²) in [6, 6.07) is 1.35. The van der Waals surface area contributed by atoms with Crippen molar-refractivity contribution in [3.05, 3.63) is 0 Å². The van der Waals surface area contributed by atoms with Crippen LogP contribution in [0.4, 0.5) is 9.18 Å². The van der Waals surface area contributed by atoms with E-state index in [1.165, 1.54) is 4.90 Å². The van der Waals surface area contributed by atoms with Crippen molar-refractivity contribution < 1.29 is 23.4 Å². The molecule has 1 unspecified atom stereocenters. The number of rotatable bonds is 6. The van der Waals surface area contributed by atoms with Gasteiger partial charge in [0.2, 0.25) is 0 Å². The molecule has 0 saturated carbocycles. The van der Waals surface area contributed by atoms with Crippen molar-refractivity contribution >= 4 is 6.09 Å². The molecule has 3 atom stereocenters. The van der Waals surface area contributed by atoms with Crippen molar-refractivity contribution in [2.24, 2.45) is 0 Å². The molecule has 1 amide bonds. The third-order valence-corrected chi connectivity index (χ3v) is 3.13. The largest absolute Gasteiger partial charge is 0.444 e. The molecule has 0 aromatic heterocycles. The average molecular weight is 316 g/mol. The number of carbonyl (C=O) groups excluding carboxylic acids is 1. The Morgan fingerprint density at radius 1 is 1.45 bits per heavy atom. The summed E-state index contributed by atoms with van der Waals surface area (Å²) in [6.45, 7) is 8.13. The first-order valence-corrected chi connectivity index (χ1v) is 7.51.